The largest absolute Gasteiger partial charge is 0.411 e. The lowest BCUT2D eigenvalue weighted by atomic mass is 10.0. The van der Waals surface area contributed by atoms with Crippen molar-refractivity contribution in [3.05, 3.63) is 48.0 Å². The molecule has 0 bridgehead atoms. The topological polar surface area (TPSA) is 21.3 Å². The molecule has 2 aromatic rings. The van der Waals surface area contributed by atoms with E-state index in [2.05, 4.69) is 5.32 Å². The molecular formula is C15H16F3NO. The molecule has 20 heavy (non-hydrogen) atoms. The molecule has 2 rings (SSSR count). The van der Waals surface area contributed by atoms with Gasteiger partial charge < -0.3 is 10.1 Å². The second-order valence-corrected chi connectivity index (χ2v) is 4.58. The summed E-state index contributed by atoms with van der Waals surface area (Å²) in [5.74, 6) is 0. The molecule has 0 fully saturated rings. The lowest BCUT2D eigenvalue weighted by Gasteiger charge is -2.18. The summed E-state index contributed by atoms with van der Waals surface area (Å²) in [4.78, 5) is 0. The second kappa shape index (κ2) is 6.24. The van der Waals surface area contributed by atoms with Crippen LogP contribution in [0.25, 0.3) is 10.8 Å². The molecule has 0 heterocycles. The summed E-state index contributed by atoms with van der Waals surface area (Å²) in [7, 11) is 1.71. The Morgan fingerprint density at radius 1 is 1.10 bits per heavy atom. The van der Waals surface area contributed by atoms with E-state index in [0.29, 0.717) is 0 Å². The van der Waals surface area contributed by atoms with Crippen LogP contribution in [0.2, 0.25) is 0 Å². The Morgan fingerprint density at radius 2 is 1.80 bits per heavy atom. The van der Waals surface area contributed by atoms with Crippen LogP contribution in [0.1, 0.15) is 11.6 Å². The van der Waals surface area contributed by atoms with Gasteiger partial charge in [0.2, 0.25) is 0 Å². The molecule has 0 aliphatic carbocycles. The Hall–Kier alpha value is -1.59. The van der Waals surface area contributed by atoms with E-state index in [1.165, 1.54) is 0 Å². The fraction of sp³-hybridized carbons (Fsp3) is 0.333. The highest BCUT2D eigenvalue weighted by Gasteiger charge is 2.28. The van der Waals surface area contributed by atoms with Crippen LogP contribution in [-0.2, 0) is 4.74 Å². The Balaban J connectivity index is 2.09. The van der Waals surface area contributed by atoms with Crippen LogP contribution in [0.15, 0.2) is 42.5 Å². The highest BCUT2D eigenvalue weighted by molar-refractivity contribution is 5.83. The van der Waals surface area contributed by atoms with Crippen molar-refractivity contribution in [1.29, 1.82) is 0 Å². The first-order valence-corrected chi connectivity index (χ1v) is 6.30. The SMILES string of the molecule is CNC(COCC(F)(F)F)c1ccc2ccccc2c1. The highest BCUT2D eigenvalue weighted by atomic mass is 19.4. The van der Waals surface area contributed by atoms with Gasteiger partial charge in [0.15, 0.2) is 0 Å². The average Bonchev–Trinajstić information content (AvgIpc) is 2.42. The third kappa shape index (κ3) is 3.95. The summed E-state index contributed by atoms with van der Waals surface area (Å²) in [5, 5.41) is 5.13. The number of rotatable bonds is 5. The summed E-state index contributed by atoms with van der Waals surface area (Å²) in [6, 6.07) is 13.4. The Morgan fingerprint density at radius 3 is 2.45 bits per heavy atom. The first-order valence-electron chi connectivity index (χ1n) is 6.30. The number of hydrogen-bond donors (Lipinski definition) is 1. The van der Waals surface area contributed by atoms with Gasteiger partial charge in [-0.2, -0.15) is 13.2 Å². The number of nitrogens with one attached hydrogen (secondary N) is 1. The van der Waals surface area contributed by atoms with E-state index in [0.717, 1.165) is 16.3 Å². The van der Waals surface area contributed by atoms with E-state index in [9.17, 15) is 13.2 Å². The number of alkyl halides is 3. The normalized spacial score (nSPS) is 13.6. The maximum Gasteiger partial charge on any atom is 0.411 e. The molecule has 0 spiro atoms. The molecule has 2 nitrogen and oxygen atoms in total. The smallest absolute Gasteiger partial charge is 0.370 e. The number of ether oxygens (including phenoxy) is 1. The molecule has 1 unspecified atom stereocenters. The van der Waals surface area contributed by atoms with Gasteiger partial charge in [-0.1, -0.05) is 36.4 Å². The molecule has 1 N–H and O–H groups in total. The molecule has 1 atom stereocenters. The zero-order valence-corrected chi connectivity index (χ0v) is 11.1. The van der Waals surface area contributed by atoms with Gasteiger partial charge in [0.05, 0.1) is 12.6 Å². The van der Waals surface area contributed by atoms with E-state index in [1.54, 1.807) is 7.05 Å². The molecule has 0 radical (unpaired) electrons. The predicted molar refractivity (Wildman–Crippen MR) is 72.6 cm³/mol. The monoisotopic (exact) mass is 283 g/mol. The minimum Gasteiger partial charge on any atom is -0.370 e. The van der Waals surface area contributed by atoms with Gasteiger partial charge in [0, 0.05) is 0 Å². The number of hydrogen-bond acceptors (Lipinski definition) is 2. The summed E-state index contributed by atoms with van der Waals surface area (Å²) in [6.07, 6.45) is -4.29. The van der Waals surface area contributed by atoms with Gasteiger partial charge in [-0.15, -0.1) is 0 Å². The van der Waals surface area contributed by atoms with E-state index < -0.39 is 12.8 Å². The van der Waals surface area contributed by atoms with Crippen LogP contribution >= 0.6 is 0 Å². The fourth-order valence-corrected chi connectivity index (χ4v) is 2.06. The molecule has 0 aliphatic rings. The van der Waals surface area contributed by atoms with Gasteiger partial charge in [0.25, 0.3) is 0 Å². The van der Waals surface area contributed by atoms with Crippen molar-refractivity contribution >= 4 is 10.8 Å². The van der Waals surface area contributed by atoms with Crippen molar-refractivity contribution in [3.63, 3.8) is 0 Å². The third-order valence-corrected chi connectivity index (χ3v) is 3.07. The van der Waals surface area contributed by atoms with Gasteiger partial charge in [-0.3, -0.25) is 0 Å². The van der Waals surface area contributed by atoms with Crippen molar-refractivity contribution in [2.45, 2.75) is 12.2 Å². The van der Waals surface area contributed by atoms with Crippen LogP contribution in [0.5, 0.6) is 0 Å². The predicted octanol–water partition coefficient (Wildman–Crippen LogP) is 3.68. The molecule has 0 saturated carbocycles. The molecule has 0 aliphatic heterocycles. The van der Waals surface area contributed by atoms with Crippen LogP contribution < -0.4 is 5.32 Å². The van der Waals surface area contributed by atoms with E-state index in [-0.39, 0.29) is 12.6 Å². The number of benzene rings is 2. The number of halogens is 3. The summed E-state index contributed by atoms with van der Waals surface area (Å²) >= 11 is 0. The average molecular weight is 283 g/mol. The molecule has 0 saturated heterocycles. The lowest BCUT2D eigenvalue weighted by Crippen LogP contribution is -2.25. The zero-order valence-electron chi connectivity index (χ0n) is 11.1. The van der Waals surface area contributed by atoms with E-state index >= 15 is 0 Å². The van der Waals surface area contributed by atoms with Gasteiger partial charge in [-0.05, 0) is 29.4 Å². The molecule has 0 amide bonds. The molecule has 0 aromatic heterocycles. The van der Waals surface area contributed by atoms with Gasteiger partial charge in [-0.25, -0.2) is 0 Å². The van der Waals surface area contributed by atoms with Crippen molar-refractivity contribution in [2.75, 3.05) is 20.3 Å². The van der Waals surface area contributed by atoms with Crippen molar-refractivity contribution in [2.24, 2.45) is 0 Å². The maximum atomic E-state index is 12.1. The Kier molecular flexibility index (Phi) is 4.62. The number of fused-ring (bicyclic) bond motifs is 1. The van der Waals surface area contributed by atoms with Gasteiger partial charge >= 0.3 is 6.18 Å². The lowest BCUT2D eigenvalue weighted by molar-refractivity contribution is -0.175. The van der Waals surface area contributed by atoms with Crippen molar-refractivity contribution in [1.82, 2.24) is 5.32 Å². The Bertz CT molecular complexity index is 568. The summed E-state index contributed by atoms with van der Waals surface area (Å²) < 4.78 is 41.0. The summed E-state index contributed by atoms with van der Waals surface area (Å²) in [5.41, 5.74) is 0.911. The quantitative estimate of drug-likeness (QED) is 0.903. The van der Waals surface area contributed by atoms with Gasteiger partial charge in [0.1, 0.15) is 6.61 Å². The molecule has 108 valence electrons. The maximum absolute atomic E-state index is 12.1. The molecule has 5 heteroatoms. The van der Waals surface area contributed by atoms with Crippen LogP contribution in [0.3, 0.4) is 0 Å². The van der Waals surface area contributed by atoms with Crippen molar-refractivity contribution in [3.8, 4) is 0 Å². The summed E-state index contributed by atoms with van der Waals surface area (Å²) in [6.45, 7) is -1.24. The highest BCUT2D eigenvalue weighted by Crippen LogP contribution is 2.21. The van der Waals surface area contributed by atoms with Crippen molar-refractivity contribution < 1.29 is 17.9 Å². The number of likely N-dealkylation sites (N-methyl/N-ethyl adjacent to an activating group) is 1. The molecule has 2 aromatic carbocycles. The minimum absolute atomic E-state index is 0.0195. The first-order chi connectivity index (χ1) is 9.49. The minimum atomic E-state index is -4.29. The second-order valence-electron chi connectivity index (χ2n) is 4.58. The standard InChI is InChI=1S/C15H16F3NO/c1-19-14(9-20-10-15(16,17)18)13-7-6-11-4-2-3-5-12(11)8-13/h2-8,14,19H,9-10H2,1H3. The first kappa shape index (κ1) is 14.8. The van der Waals surface area contributed by atoms with E-state index in [4.69, 9.17) is 4.74 Å². The Labute approximate surface area is 115 Å². The third-order valence-electron chi connectivity index (χ3n) is 3.07. The molecular weight excluding hydrogens is 267 g/mol. The van der Waals surface area contributed by atoms with Crippen LogP contribution in [0.4, 0.5) is 13.2 Å². The van der Waals surface area contributed by atoms with Crippen LogP contribution in [0, 0.1) is 0 Å². The van der Waals surface area contributed by atoms with E-state index in [1.807, 2.05) is 42.5 Å². The fourth-order valence-electron chi connectivity index (χ4n) is 2.06. The van der Waals surface area contributed by atoms with Crippen LogP contribution in [-0.4, -0.2) is 26.4 Å². The zero-order chi connectivity index (χ0) is 14.6.